The maximum Gasteiger partial charge on any atom is 0.207 e. The van der Waals surface area contributed by atoms with Gasteiger partial charge in [0.15, 0.2) is 0 Å². The van der Waals surface area contributed by atoms with Gasteiger partial charge in [-0.3, -0.25) is 0 Å². The fraction of sp³-hybridized carbons (Fsp3) is 0.632. The first-order chi connectivity index (χ1) is 20.2. The molecule has 0 aromatic carbocycles. The van der Waals surface area contributed by atoms with Crippen molar-refractivity contribution in [2.45, 2.75) is 123 Å². The van der Waals surface area contributed by atoms with Crippen molar-refractivity contribution in [1.29, 1.82) is 0 Å². The lowest BCUT2D eigenvalue weighted by Gasteiger charge is -2.50. The molecule has 3 aliphatic carbocycles. The van der Waals surface area contributed by atoms with Crippen molar-refractivity contribution in [1.82, 2.24) is 10.6 Å². The van der Waals surface area contributed by atoms with Crippen molar-refractivity contribution in [3.05, 3.63) is 81.7 Å². The maximum atomic E-state index is 6.87. The summed E-state index contributed by atoms with van der Waals surface area (Å²) in [4.78, 5) is 0. The van der Waals surface area contributed by atoms with Gasteiger partial charge in [-0.05, 0) is 93.6 Å². The highest BCUT2D eigenvalue weighted by molar-refractivity contribution is 8.01. The molecule has 2 N–H and O–H groups in total. The Hall–Kier alpha value is -1.52. The Kier molecular flexibility index (Phi) is 8.33. The molecule has 1 saturated heterocycles. The van der Waals surface area contributed by atoms with Gasteiger partial charge in [0, 0.05) is 34.4 Å². The van der Waals surface area contributed by atoms with Gasteiger partial charge in [-0.2, -0.15) is 11.8 Å². The zero-order chi connectivity index (χ0) is 30.9. The van der Waals surface area contributed by atoms with Crippen molar-refractivity contribution >= 4 is 30.1 Å². The predicted octanol–water partition coefficient (Wildman–Crippen LogP) is 9.74. The van der Waals surface area contributed by atoms with Crippen molar-refractivity contribution < 1.29 is 0 Å². The average molecular weight is 617 g/mol. The average Bonchev–Trinajstić information content (AvgIpc) is 3.01. The number of nitrogens with one attached hydrogen (secondary N) is 2. The first-order valence-electron chi connectivity index (χ1n) is 17.0. The molecule has 3 unspecified atom stereocenters. The second-order valence-corrected chi connectivity index (χ2v) is 18.0. The van der Waals surface area contributed by atoms with Crippen LogP contribution in [0.4, 0.5) is 0 Å². The van der Waals surface area contributed by atoms with Gasteiger partial charge < -0.3 is 10.6 Å². The molecule has 2 nitrogen and oxygen atoms in total. The Morgan fingerprint density at radius 1 is 1.02 bits per heavy atom. The second kappa shape index (κ2) is 11.4. The van der Waals surface area contributed by atoms with E-state index in [1.165, 1.54) is 42.5 Å². The summed E-state index contributed by atoms with van der Waals surface area (Å²) < 4.78 is 0. The van der Waals surface area contributed by atoms with Crippen LogP contribution in [0.2, 0.25) is 5.82 Å². The van der Waals surface area contributed by atoms with Crippen LogP contribution in [-0.4, -0.2) is 35.1 Å². The summed E-state index contributed by atoms with van der Waals surface area (Å²) in [7, 11) is 0. The molecular weight excluding hydrogens is 563 g/mol. The van der Waals surface area contributed by atoms with Gasteiger partial charge in [0.25, 0.3) is 0 Å². The molecule has 5 heteroatoms. The van der Waals surface area contributed by atoms with E-state index < -0.39 is 0 Å². The van der Waals surface area contributed by atoms with Gasteiger partial charge in [-0.15, -0.1) is 11.6 Å². The van der Waals surface area contributed by atoms with Gasteiger partial charge in [-0.1, -0.05) is 99.1 Å². The summed E-state index contributed by atoms with van der Waals surface area (Å²) in [5.41, 5.74) is 10.9. The molecule has 0 aromatic rings. The van der Waals surface area contributed by atoms with Crippen LogP contribution >= 0.6 is 23.4 Å². The van der Waals surface area contributed by atoms with E-state index in [4.69, 9.17) is 11.6 Å². The van der Waals surface area contributed by atoms with E-state index >= 15 is 0 Å². The van der Waals surface area contributed by atoms with Crippen LogP contribution in [0.5, 0.6) is 0 Å². The van der Waals surface area contributed by atoms with Gasteiger partial charge in [0.1, 0.15) is 0 Å². The van der Waals surface area contributed by atoms with E-state index in [9.17, 15) is 0 Å². The standard InChI is InChI=1S/C38H54BClN2S/c1-10-16-36(4,5)28-22-32-29(21-25(28)23(2)3)39-34-30(13-11-24(40)20-33(34)42-32)41-31-14-12-26-27(15-19-43-35(31)39)38(8,9)18-17-37(26,6)7/h11-13,15,20-24,29,31-32,35,41-42H,10,14,16-19H2,1-9H3/b26-12+,27-15+/t24?,29-,31?,32+,35?/m0/s1. The lowest BCUT2D eigenvalue weighted by atomic mass is 9.28. The summed E-state index contributed by atoms with van der Waals surface area (Å²) in [5.74, 6) is 1.99. The largest absolute Gasteiger partial charge is 0.382 e. The number of fused-ring (bicyclic) bond motifs is 5. The molecule has 43 heavy (non-hydrogen) atoms. The number of hydrogen-bond acceptors (Lipinski definition) is 3. The first kappa shape index (κ1) is 31.5. The SMILES string of the molecule is CCCC(C)(C)C1=C[C@H]2NC3=CC(Cl)C=CC4=C3B(C3SC/C=C5\C(=C/CC3N4)C(C)(C)CCC5(C)C)[C@H]2C=C1C(C)C. The summed E-state index contributed by atoms with van der Waals surface area (Å²) in [6.45, 7) is 22.3. The lowest BCUT2D eigenvalue weighted by Crippen LogP contribution is -2.61. The summed E-state index contributed by atoms with van der Waals surface area (Å²) >= 11 is 9.06. The number of hydrogen-bond donors (Lipinski definition) is 2. The minimum Gasteiger partial charge on any atom is -0.382 e. The second-order valence-electron chi connectivity index (χ2n) is 16.3. The Labute approximate surface area is 272 Å². The van der Waals surface area contributed by atoms with Crippen LogP contribution in [0.15, 0.2) is 81.7 Å². The number of rotatable bonds is 4. The summed E-state index contributed by atoms with van der Waals surface area (Å²) in [6, 6.07) is 0.658. The van der Waals surface area contributed by atoms with Crippen molar-refractivity contribution in [3.8, 4) is 0 Å². The Balaban J connectivity index is 1.47. The van der Waals surface area contributed by atoms with Crippen LogP contribution < -0.4 is 10.6 Å². The zero-order valence-electron chi connectivity index (χ0n) is 28.1. The van der Waals surface area contributed by atoms with Crippen LogP contribution in [0, 0.1) is 22.2 Å². The van der Waals surface area contributed by atoms with Gasteiger partial charge >= 0.3 is 0 Å². The summed E-state index contributed by atoms with van der Waals surface area (Å²) in [6.07, 6.45) is 23.3. The molecule has 0 aromatic heterocycles. The first-order valence-corrected chi connectivity index (χ1v) is 18.5. The highest BCUT2D eigenvalue weighted by Gasteiger charge is 2.52. The molecule has 0 bridgehead atoms. The quantitative estimate of drug-likeness (QED) is 0.243. The molecule has 5 atom stereocenters. The van der Waals surface area contributed by atoms with E-state index in [0.29, 0.717) is 29.6 Å². The molecule has 2 fully saturated rings. The van der Waals surface area contributed by atoms with Crippen LogP contribution in [-0.2, 0) is 0 Å². The Morgan fingerprint density at radius 3 is 2.40 bits per heavy atom. The highest BCUT2D eigenvalue weighted by Crippen LogP contribution is 2.54. The van der Waals surface area contributed by atoms with E-state index in [-0.39, 0.29) is 27.7 Å². The fourth-order valence-electron chi connectivity index (χ4n) is 9.05. The minimum atomic E-state index is -0.112. The monoisotopic (exact) mass is 616 g/mol. The molecule has 0 amide bonds. The van der Waals surface area contributed by atoms with E-state index in [1.807, 2.05) is 0 Å². The van der Waals surface area contributed by atoms with Crippen LogP contribution in [0.25, 0.3) is 0 Å². The Bertz CT molecular complexity index is 1370. The van der Waals surface area contributed by atoms with Crippen LogP contribution in [0.1, 0.15) is 94.4 Å². The smallest absolute Gasteiger partial charge is 0.207 e. The molecule has 6 rings (SSSR count). The third-order valence-electron chi connectivity index (χ3n) is 11.5. The number of allylic oxidation sites excluding steroid dienone is 8. The molecule has 1 saturated carbocycles. The fourth-order valence-corrected chi connectivity index (χ4v) is 10.7. The topological polar surface area (TPSA) is 24.1 Å². The van der Waals surface area contributed by atoms with E-state index in [0.717, 1.165) is 12.2 Å². The molecule has 0 radical (unpaired) electrons. The molecule has 232 valence electrons. The van der Waals surface area contributed by atoms with Crippen molar-refractivity contribution in [3.63, 3.8) is 0 Å². The normalized spacial score (nSPS) is 35.3. The highest BCUT2D eigenvalue weighted by atomic mass is 35.5. The van der Waals surface area contributed by atoms with Crippen LogP contribution in [0.3, 0.4) is 0 Å². The number of alkyl halides is 1. The van der Waals surface area contributed by atoms with Crippen molar-refractivity contribution in [2.75, 3.05) is 5.75 Å². The Morgan fingerprint density at radius 2 is 1.72 bits per heavy atom. The van der Waals surface area contributed by atoms with E-state index in [2.05, 4.69) is 127 Å². The number of thioether (sulfide) groups is 1. The van der Waals surface area contributed by atoms with Crippen molar-refractivity contribution in [2.24, 2.45) is 22.2 Å². The van der Waals surface area contributed by atoms with E-state index in [1.54, 1.807) is 22.3 Å². The molecule has 6 aliphatic rings. The molecular formula is C38H54BClN2S. The van der Waals surface area contributed by atoms with Gasteiger partial charge in [-0.25, -0.2) is 0 Å². The van der Waals surface area contributed by atoms with Gasteiger partial charge in [0.2, 0.25) is 6.71 Å². The molecule has 0 spiro atoms. The zero-order valence-corrected chi connectivity index (χ0v) is 29.7. The summed E-state index contributed by atoms with van der Waals surface area (Å²) in [5, 5.41) is 8.50. The van der Waals surface area contributed by atoms with Gasteiger partial charge in [0.05, 0.1) is 5.38 Å². The maximum absolute atomic E-state index is 6.87. The minimum absolute atomic E-state index is 0.112. The molecule has 3 aliphatic heterocycles. The lowest BCUT2D eigenvalue weighted by molar-refractivity contribution is 0.258. The predicted molar refractivity (Wildman–Crippen MR) is 191 cm³/mol. The number of halogens is 1. The third kappa shape index (κ3) is 5.60. The third-order valence-corrected chi connectivity index (χ3v) is 13.1. The molecule has 3 heterocycles.